The highest BCUT2D eigenvalue weighted by Gasteiger charge is 2.16. The number of nitrogens with one attached hydrogen (secondary N) is 1. The van der Waals surface area contributed by atoms with Gasteiger partial charge in [-0.1, -0.05) is 30.3 Å². The fourth-order valence-corrected chi connectivity index (χ4v) is 3.61. The van der Waals surface area contributed by atoms with Crippen molar-refractivity contribution in [2.45, 2.75) is 26.0 Å². The minimum Gasteiger partial charge on any atom is -0.493 e. The molecular weight excluding hydrogens is 380 g/mol. The first-order chi connectivity index (χ1) is 14.7. The van der Waals surface area contributed by atoms with Crippen molar-refractivity contribution in [1.82, 2.24) is 10.2 Å². The van der Waals surface area contributed by atoms with E-state index in [0.717, 1.165) is 51.4 Å². The highest BCUT2D eigenvalue weighted by molar-refractivity contribution is 5.43. The molecule has 30 heavy (non-hydrogen) atoms. The molecule has 2 N–H and O–H groups in total. The van der Waals surface area contributed by atoms with Gasteiger partial charge in [0.15, 0.2) is 11.5 Å². The third-order valence-electron chi connectivity index (χ3n) is 5.39. The summed E-state index contributed by atoms with van der Waals surface area (Å²) >= 11 is 0. The van der Waals surface area contributed by atoms with E-state index in [1.54, 1.807) is 7.11 Å². The normalized spacial score (nSPS) is 15.7. The van der Waals surface area contributed by atoms with E-state index >= 15 is 0 Å². The van der Waals surface area contributed by atoms with E-state index in [2.05, 4.69) is 41.4 Å². The van der Waals surface area contributed by atoms with Crippen molar-refractivity contribution >= 4 is 0 Å². The van der Waals surface area contributed by atoms with Gasteiger partial charge in [0.05, 0.1) is 20.3 Å². The molecule has 2 aromatic carbocycles. The molecule has 1 aliphatic heterocycles. The number of aryl methyl sites for hydroxylation is 1. The number of β-amino-alcohol motifs (C(OH)–C–C–N with tert-alkyl or cyclic N) is 1. The molecule has 6 heteroatoms. The Morgan fingerprint density at radius 2 is 1.93 bits per heavy atom. The van der Waals surface area contributed by atoms with Crippen LogP contribution in [0.25, 0.3) is 0 Å². The van der Waals surface area contributed by atoms with Gasteiger partial charge in [-0.2, -0.15) is 0 Å². The van der Waals surface area contributed by atoms with Crippen LogP contribution in [0.1, 0.15) is 16.7 Å². The van der Waals surface area contributed by atoms with Crippen LogP contribution in [0.15, 0.2) is 42.5 Å². The Morgan fingerprint density at radius 1 is 1.13 bits per heavy atom. The molecule has 1 saturated heterocycles. The lowest BCUT2D eigenvalue weighted by Gasteiger charge is -2.28. The predicted octanol–water partition coefficient (Wildman–Crippen LogP) is 2.41. The number of hydrogen-bond acceptors (Lipinski definition) is 6. The number of morpholine rings is 1. The zero-order valence-corrected chi connectivity index (χ0v) is 18.1. The Labute approximate surface area is 179 Å². The Bertz CT molecular complexity index is 778. The van der Waals surface area contributed by atoms with Crippen LogP contribution in [0.3, 0.4) is 0 Å². The predicted molar refractivity (Wildman–Crippen MR) is 118 cm³/mol. The number of nitrogens with zero attached hydrogens (tertiary/aromatic N) is 1. The second-order valence-electron chi connectivity index (χ2n) is 7.72. The maximum Gasteiger partial charge on any atom is 0.161 e. The van der Waals surface area contributed by atoms with Gasteiger partial charge in [-0.3, -0.25) is 4.90 Å². The van der Waals surface area contributed by atoms with Gasteiger partial charge in [-0.25, -0.2) is 0 Å². The number of benzene rings is 2. The van der Waals surface area contributed by atoms with Crippen molar-refractivity contribution in [2.24, 2.45) is 0 Å². The molecule has 2 aromatic rings. The second-order valence-corrected chi connectivity index (χ2v) is 7.72. The minimum absolute atomic E-state index is 0.238. The Kier molecular flexibility index (Phi) is 8.96. The maximum atomic E-state index is 10.3. The summed E-state index contributed by atoms with van der Waals surface area (Å²) in [5, 5.41) is 13.8. The maximum absolute atomic E-state index is 10.3. The standard InChI is InChI=1S/C24H34N2O4/c1-19-5-3-4-6-21(19)9-10-25-16-20-7-8-23(24(15-20)28-2)30-18-22(27)17-26-11-13-29-14-12-26/h3-8,15,22,25,27H,9-14,16-18H2,1-2H3/t22-/m1/s1. The van der Waals surface area contributed by atoms with Crippen LogP contribution in [0.2, 0.25) is 0 Å². The molecule has 1 fully saturated rings. The third-order valence-corrected chi connectivity index (χ3v) is 5.39. The largest absolute Gasteiger partial charge is 0.493 e. The molecule has 164 valence electrons. The van der Waals surface area contributed by atoms with Crippen molar-refractivity contribution in [1.29, 1.82) is 0 Å². The van der Waals surface area contributed by atoms with Crippen LogP contribution in [0.4, 0.5) is 0 Å². The van der Waals surface area contributed by atoms with Gasteiger partial charge in [0.1, 0.15) is 12.7 Å². The number of aliphatic hydroxyl groups excluding tert-OH is 1. The molecule has 0 aromatic heterocycles. The second kappa shape index (κ2) is 11.9. The van der Waals surface area contributed by atoms with Crippen molar-refractivity contribution in [3.63, 3.8) is 0 Å². The van der Waals surface area contributed by atoms with Crippen molar-refractivity contribution in [3.8, 4) is 11.5 Å². The summed E-state index contributed by atoms with van der Waals surface area (Å²) in [6.45, 7) is 7.82. The molecule has 0 spiro atoms. The van der Waals surface area contributed by atoms with E-state index in [4.69, 9.17) is 14.2 Å². The lowest BCUT2D eigenvalue weighted by Crippen LogP contribution is -2.42. The van der Waals surface area contributed by atoms with Crippen molar-refractivity contribution in [3.05, 3.63) is 59.2 Å². The number of rotatable bonds is 11. The summed E-state index contributed by atoms with van der Waals surface area (Å²) in [6.07, 6.45) is 0.460. The lowest BCUT2D eigenvalue weighted by atomic mass is 10.1. The van der Waals surface area contributed by atoms with Crippen LogP contribution in [0, 0.1) is 6.92 Å². The molecule has 0 aliphatic carbocycles. The van der Waals surface area contributed by atoms with E-state index in [0.29, 0.717) is 18.0 Å². The van der Waals surface area contributed by atoms with E-state index < -0.39 is 6.10 Å². The van der Waals surface area contributed by atoms with Crippen molar-refractivity contribution in [2.75, 3.05) is 53.1 Å². The van der Waals surface area contributed by atoms with Gasteiger partial charge in [0.2, 0.25) is 0 Å². The summed E-state index contributed by atoms with van der Waals surface area (Å²) in [4.78, 5) is 2.19. The van der Waals surface area contributed by atoms with Crippen LogP contribution in [0.5, 0.6) is 11.5 Å². The zero-order chi connectivity index (χ0) is 21.2. The fraction of sp³-hybridized carbons (Fsp3) is 0.500. The van der Waals surface area contributed by atoms with Crippen molar-refractivity contribution < 1.29 is 19.3 Å². The van der Waals surface area contributed by atoms with E-state index in [1.807, 2.05) is 18.2 Å². The van der Waals surface area contributed by atoms with Crippen LogP contribution in [-0.4, -0.2) is 69.2 Å². The molecule has 1 atom stereocenters. The van der Waals surface area contributed by atoms with Gasteiger partial charge in [-0.15, -0.1) is 0 Å². The monoisotopic (exact) mass is 414 g/mol. The average Bonchev–Trinajstić information content (AvgIpc) is 2.77. The molecule has 0 saturated carbocycles. The SMILES string of the molecule is COc1cc(CNCCc2ccccc2C)ccc1OC[C@H](O)CN1CCOCC1. The molecule has 3 rings (SSSR count). The number of methoxy groups -OCH3 is 1. The zero-order valence-electron chi connectivity index (χ0n) is 18.1. The van der Waals surface area contributed by atoms with Crippen LogP contribution >= 0.6 is 0 Å². The first-order valence-electron chi connectivity index (χ1n) is 10.7. The summed E-state index contributed by atoms with van der Waals surface area (Å²) in [6, 6.07) is 14.4. The van der Waals surface area contributed by atoms with Gasteiger partial charge >= 0.3 is 0 Å². The molecule has 0 amide bonds. The highest BCUT2D eigenvalue weighted by Crippen LogP contribution is 2.28. The van der Waals surface area contributed by atoms with Gasteiger partial charge in [0, 0.05) is 26.2 Å². The molecule has 0 bridgehead atoms. The van der Waals surface area contributed by atoms with Gasteiger partial charge in [0.25, 0.3) is 0 Å². The molecule has 0 unspecified atom stereocenters. The summed E-state index contributed by atoms with van der Waals surface area (Å²) in [5.74, 6) is 1.34. The topological polar surface area (TPSA) is 63.2 Å². The summed E-state index contributed by atoms with van der Waals surface area (Å²) < 4.78 is 16.7. The third kappa shape index (κ3) is 6.99. The van der Waals surface area contributed by atoms with Crippen LogP contribution in [-0.2, 0) is 17.7 Å². The highest BCUT2D eigenvalue weighted by atomic mass is 16.5. The van der Waals surface area contributed by atoms with Gasteiger partial charge in [-0.05, 0) is 48.7 Å². The number of aliphatic hydroxyl groups is 1. The fourth-order valence-electron chi connectivity index (χ4n) is 3.61. The lowest BCUT2D eigenvalue weighted by molar-refractivity contribution is 0.00445. The number of hydrogen-bond donors (Lipinski definition) is 2. The Hall–Kier alpha value is -2.12. The number of ether oxygens (including phenoxy) is 3. The smallest absolute Gasteiger partial charge is 0.161 e. The molecular formula is C24H34N2O4. The summed E-state index contributed by atoms with van der Waals surface area (Å²) in [7, 11) is 1.64. The Balaban J connectivity index is 1.43. The van der Waals surface area contributed by atoms with E-state index in [-0.39, 0.29) is 6.61 Å². The Morgan fingerprint density at radius 3 is 2.70 bits per heavy atom. The minimum atomic E-state index is -0.546. The molecule has 0 radical (unpaired) electrons. The first-order valence-corrected chi connectivity index (χ1v) is 10.7. The molecule has 1 heterocycles. The quantitative estimate of drug-likeness (QED) is 0.551. The van der Waals surface area contributed by atoms with Gasteiger partial charge < -0.3 is 24.6 Å². The summed E-state index contributed by atoms with van der Waals surface area (Å²) in [5.41, 5.74) is 3.85. The molecule has 1 aliphatic rings. The average molecular weight is 415 g/mol. The van der Waals surface area contributed by atoms with E-state index in [1.165, 1.54) is 11.1 Å². The molecule has 6 nitrogen and oxygen atoms in total. The van der Waals surface area contributed by atoms with E-state index in [9.17, 15) is 5.11 Å². The van der Waals surface area contributed by atoms with Crippen LogP contribution < -0.4 is 14.8 Å². The first kappa shape index (κ1) is 22.6.